The summed E-state index contributed by atoms with van der Waals surface area (Å²) < 4.78 is 7.02. The van der Waals surface area contributed by atoms with Gasteiger partial charge in [0.05, 0.1) is 18.1 Å². The van der Waals surface area contributed by atoms with Crippen LogP contribution in [-0.2, 0) is 0 Å². The molecule has 0 bridgehead atoms. The minimum Gasteiger partial charge on any atom is -0.497 e. The van der Waals surface area contributed by atoms with Gasteiger partial charge in [-0.3, -0.25) is 9.36 Å². The zero-order valence-corrected chi connectivity index (χ0v) is 17.3. The van der Waals surface area contributed by atoms with E-state index in [9.17, 15) is 9.59 Å². The minimum absolute atomic E-state index is 0.0434. The maximum absolute atomic E-state index is 13.6. The summed E-state index contributed by atoms with van der Waals surface area (Å²) in [6.07, 6.45) is 0. The fourth-order valence-corrected chi connectivity index (χ4v) is 4.31. The number of nitrogens with zero attached hydrogens (tertiary/aromatic N) is 3. The van der Waals surface area contributed by atoms with Crippen molar-refractivity contribution in [3.05, 3.63) is 83.0 Å². The van der Waals surface area contributed by atoms with Gasteiger partial charge in [0, 0.05) is 48.7 Å². The standard InChI is InChI=1S/C25H23N3O3/c1-31-19-8-6-7-18(17-19)26-13-15-27(16-14-26)25(30)28-22-11-4-2-9-20(22)24(29)21-10-3-5-12-23(21)28/h2-12,17H,13-16H2,1H3. The van der Waals surface area contributed by atoms with E-state index in [0.717, 1.165) is 24.5 Å². The van der Waals surface area contributed by atoms with Gasteiger partial charge in [-0.1, -0.05) is 30.3 Å². The van der Waals surface area contributed by atoms with Crippen molar-refractivity contribution >= 4 is 33.5 Å². The summed E-state index contributed by atoms with van der Waals surface area (Å²) in [6.45, 7) is 2.67. The van der Waals surface area contributed by atoms with Crippen molar-refractivity contribution in [2.24, 2.45) is 0 Å². The van der Waals surface area contributed by atoms with Crippen LogP contribution in [0, 0.1) is 0 Å². The van der Waals surface area contributed by atoms with Gasteiger partial charge in [-0.25, -0.2) is 4.79 Å². The lowest BCUT2D eigenvalue weighted by Crippen LogP contribution is -2.50. The first-order chi connectivity index (χ1) is 15.2. The highest BCUT2D eigenvalue weighted by atomic mass is 16.5. The summed E-state index contributed by atoms with van der Waals surface area (Å²) >= 11 is 0. The molecule has 0 radical (unpaired) electrons. The van der Waals surface area contributed by atoms with Crippen molar-refractivity contribution in [1.29, 1.82) is 0 Å². The molecule has 156 valence electrons. The molecule has 3 aromatic carbocycles. The van der Waals surface area contributed by atoms with Crippen LogP contribution in [-0.4, -0.2) is 48.8 Å². The number of hydrogen-bond donors (Lipinski definition) is 0. The molecule has 1 aliphatic rings. The molecule has 0 unspecified atom stereocenters. The summed E-state index contributed by atoms with van der Waals surface area (Å²) in [5.74, 6) is 0.821. The highest BCUT2D eigenvalue weighted by molar-refractivity contribution is 6.02. The average Bonchev–Trinajstić information content (AvgIpc) is 2.84. The number of fused-ring (bicyclic) bond motifs is 2. The number of carbonyl (C=O) groups is 1. The van der Waals surface area contributed by atoms with E-state index in [1.807, 2.05) is 59.5 Å². The molecular weight excluding hydrogens is 390 g/mol. The SMILES string of the molecule is COc1cccc(N2CCN(C(=O)n3c4ccccc4c(=O)c4ccccc43)CC2)c1. The summed E-state index contributed by atoms with van der Waals surface area (Å²) in [5.41, 5.74) is 2.33. The number of para-hydroxylation sites is 2. The highest BCUT2D eigenvalue weighted by Gasteiger charge is 2.25. The van der Waals surface area contributed by atoms with Crippen molar-refractivity contribution in [3.63, 3.8) is 0 Å². The Morgan fingerprint density at radius 2 is 1.42 bits per heavy atom. The molecule has 1 aliphatic heterocycles. The third-order valence-electron chi connectivity index (χ3n) is 5.94. The topological polar surface area (TPSA) is 54.8 Å². The molecule has 5 rings (SSSR count). The van der Waals surface area contributed by atoms with E-state index >= 15 is 0 Å². The quantitative estimate of drug-likeness (QED) is 0.467. The van der Waals surface area contributed by atoms with Gasteiger partial charge in [0.2, 0.25) is 0 Å². The molecule has 1 saturated heterocycles. The van der Waals surface area contributed by atoms with Gasteiger partial charge in [-0.2, -0.15) is 0 Å². The van der Waals surface area contributed by atoms with Gasteiger partial charge in [0.15, 0.2) is 5.43 Å². The summed E-state index contributed by atoms with van der Waals surface area (Å²) in [4.78, 5) is 30.7. The number of rotatable bonds is 2. The van der Waals surface area contributed by atoms with Crippen molar-refractivity contribution in [1.82, 2.24) is 9.47 Å². The van der Waals surface area contributed by atoms with E-state index < -0.39 is 0 Å². The zero-order chi connectivity index (χ0) is 21.4. The summed E-state index contributed by atoms with van der Waals surface area (Å²) in [7, 11) is 1.66. The fraction of sp³-hybridized carbons (Fsp3) is 0.200. The monoisotopic (exact) mass is 413 g/mol. The normalized spacial score (nSPS) is 14.2. The Hall–Kier alpha value is -3.80. The molecule has 0 atom stereocenters. The predicted octanol–water partition coefficient (Wildman–Crippen LogP) is 3.95. The van der Waals surface area contributed by atoms with E-state index in [1.165, 1.54) is 0 Å². The predicted molar refractivity (Wildman–Crippen MR) is 123 cm³/mol. The molecule has 1 fully saturated rings. The molecule has 6 heteroatoms. The highest BCUT2D eigenvalue weighted by Crippen LogP contribution is 2.24. The average molecular weight is 413 g/mol. The van der Waals surface area contributed by atoms with Gasteiger partial charge in [-0.15, -0.1) is 0 Å². The molecule has 6 nitrogen and oxygen atoms in total. The van der Waals surface area contributed by atoms with Gasteiger partial charge in [0.1, 0.15) is 5.75 Å². The van der Waals surface area contributed by atoms with E-state index in [4.69, 9.17) is 4.74 Å². The van der Waals surface area contributed by atoms with Crippen LogP contribution < -0.4 is 15.1 Å². The van der Waals surface area contributed by atoms with Crippen molar-refractivity contribution in [2.45, 2.75) is 0 Å². The third kappa shape index (κ3) is 3.30. The number of amides is 1. The summed E-state index contributed by atoms with van der Waals surface area (Å²) in [6, 6.07) is 22.5. The Kier molecular flexibility index (Phi) is 4.82. The lowest BCUT2D eigenvalue weighted by Gasteiger charge is -2.36. The number of aromatic nitrogens is 1. The second kappa shape index (κ2) is 7.80. The second-order valence-electron chi connectivity index (χ2n) is 7.66. The fourth-order valence-electron chi connectivity index (χ4n) is 4.31. The molecule has 1 amide bonds. The largest absolute Gasteiger partial charge is 0.497 e. The summed E-state index contributed by atoms with van der Waals surface area (Å²) in [5, 5.41) is 1.12. The number of hydrogen-bond acceptors (Lipinski definition) is 4. The molecule has 2 heterocycles. The molecule has 31 heavy (non-hydrogen) atoms. The second-order valence-corrected chi connectivity index (χ2v) is 7.66. The van der Waals surface area contributed by atoms with Crippen molar-refractivity contribution < 1.29 is 9.53 Å². The lowest BCUT2D eigenvalue weighted by molar-refractivity contribution is 0.198. The number of carbonyl (C=O) groups excluding carboxylic acids is 1. The number of anilines is 1. The Balaban J connectivity index is 1.48. The molecule has 0 aliphatic carbocycles. The van der Waals surface area contributed by atoms with Crippen molar-refractivity contribution in [2.75, 3.05) is 38.2 Å². The van der Waals surface area contributed by atoms with Crippen LogP contribution in [0.3, 0.4) is 0 Å². The van der Waals surface area contributed by atoms with Gasteiger partial charge in [-0.05, 0) is 36.4 Å². The molecule has 0 spiro atoms. The van der Waals surface area contributed by atoms with Crippen LogP contribution in [0.2, 0.25) is 0 Å². The smallest absolute Gasteiger partial charge is 0.329 e. The van der Waals surface area contributed by atoms with Crippen LogP contribution in [0.4, 0.5) is 10.5 Å². The van der Waals surface area contributed by atoms with E-state index in [-0.39, 0.29) is 11.5 Å². The van der Waals surface area contributed by atoms with Crippen LogP contribution in [0.15, 0.2) is 77.6 Å². The molecule has 1 aromatic heterocycles. The lowest BCUT2D eigenvalue weighted by atomic mass is 10.1. The van der Waals surface area contributed by atoms with Crippen LogP contribution >= 0.6 is 0 Å². The number of methoxy groups -OCH3 is 1. The van der Waals surface area contributed by atoms with Crippen molar-refractivity contribution in [3.8, 4) is 5.75 Å². The molecule has 4 aromatic rings. The maximum atomic E-state index is 13.6. The van der Waals surface area contributed by atoms with Crippen LogP contribution in [0.1, 0.15) is 0 Å². The first-order valence-corrected chi connectivity index (χ1v) is 10.4. The maximum Gasteiger partial charge on any atom is 0.329 e. The van der Waals surface area contributed by atoms with E-state index in [1.54, 1.807) is 23.8 Å². The number of ether oxygens (including phenoxy) is 1. The number of piperazine rings is 1. The van der Waals surface area contributed by atoms with Crippen LogP contribution in [0.5, 0.6) is 5.75 Å². The Bertz CT molecular complexity index is 1280. The van der Waals surface area contributed by atoms with E-state index in [0.29, 0.717) is 34.9 Å². The number of benzene rings is 3. The third-order valence-corrected chi connectivity index (χ3v) is 5.94. The van der Waals surface area contributed by atoms with Gasteiger partial charge >= 0.3 is 6.03 Å². The first kappa shape index (κ1) is 19.2. The number of pyridine rings is 1. The van der Waals surface area contributed by atoms with Gasteiger partial charge < -0.3 is 14.5 Å². The van der Waals surface area contributed by atoms with Gasteiger partial charge in [0.25, 0.3) is 0 Å². The Morgan fingerprint density at radius 3 is 2.03 bits per heavy atom. The molecule has 0 saturated carbocycles. The Morgan fingerprint density at radius 1 is 0.806 bits per heavy atom. The van der Waals surface area contributed by atoms with E-state index in [2.05, 4.69) is 11.0 Å². The van der Waals surface area contributed by atoms with Crippen LogP contribution in [0.25, 0.3) is 21.8 Å². The molecular formula is C25H23N3O3. The minimum atomic E-state index is -0.0994. The Labute approximate surface area is 179 Å². The first-order valence-electron chi connectivity index (χ1n) is 10.4. The molecule has 0 N–H and O–H groups in total. The zero-order valence-electron chi connectivity index (χ0n) is 17.3.